The third-order valence-electron chi connectivity index (χ3n) is 8.74. The van der Waals surface area contributed by atoms with Crippen molar-refractivity contribution in [3.05, 3.63) is 82.6 Å². The number of nitrogens with one attached hydrogen (secondary N) is 2. The minimum absolute atomic E-state index is 0.175. The van der Waals surface area contributed by atoms with Crippen LogP contribution in [-0.4, -0.2) is 78.7 Å². The second kappa shape index (κ2) is 17.1. The molecule has 2 atom stereocenters. The first-order valence-electron chi connectivity index (χ1n) is 16.3. The van der Waals surface area contributed by atoms with Crippen molar-refractivity contribution in [2.45, 2.75) is 60.8 Å². The van der Waals surface area contributed by atoms with Crippen molar-refractivity contribution in [1.29, 1.82) is 0 Å². The van der Waals surface area contributed by atoms with Crippen LogP contribution in [0.3, 0.4) is 0 Å². The van der Waals surface area contributed by atoms with Gasteiger partial charge in [0.2, 0.25) is 11.8 Å². The summed E-state index contributed by atoms with van der Waals surface area (Å²) in [5.74, 6) is -0.584. The van der Waals surface area contributed by atoms with Crippen LogP contribution >= 0.6 is 23.4 Å². The number of hydrogen-bond donors (Lipinski definition) is 5. The number of rotatable bonds is 15. The van der Waals surface area contributed by atoms with Crippen molar-refractivity contribution in [2.24, 2.45) is 17.2 Å². The van der Waals surface area contributed by atoms with Crippen LogP contribution in [0.15, 0.2) is 70.8 Å². The molecule has 0 aliphatic carbocycles. The molecule has 0 bridgehead atoms. The van der Waals surface area contributed by atoms with Gasteiger partial charge >= 0.3 is 0 Å². The molecule has 0 saturated carbocycles. The Kier molecular flexibility index (Phi) is 12.7. The van der Waals surface area contributed by atoms with E-state index in [-0.39, 0.29) is 18.4 Å². The third kappa shape index (κ3) is 8.49. The number of anilines is 1. The van der Waals surface area contributed by atoms with Crippen LogP contribution in [0.1, 0.15) is 36.0 Å². The Morgan fingerprint density at radius 1 is 1.10 bits per heavy atom. The number of carbonyl (C=O) groups is 2. The number of aromatic nitrogens is 2. The van der Waals surface area contributed by atoms with Gasteiger partial charge < -0.3 is 42.0 Å². The number of amides is 2. The summed E-state index contributed by atoms with van der Waals surface area (Å²) in [6.45, 7) is 3.63. The summed E-state index contributed by atoms with van der Waals surface area (Å²) in [6.07, 6.45) is 5.93. The smallest absolute Gasteiger partial charge is 0.243 e. The number of nitrogens with two attached hydrogens (primary N) is 3. The van der Waals surface area contributed by atoms with E-state index >= 15 is 0 Å². The van der Waals surface area contributed by atoms with Gasteiger partial charge in [-0.05, 0) is 54.8 Å². The normalized spacial score (nSPS) is 14.6. The summed E-state index contributed by atoms with van der Waals surface area (Å²) in [6, 6.07) is 14.0. The van der Waals surface area contributed by atoms with Gasteiger partial charge in [-0.15, -0.1) is 0 Å². The minimum atomic E-state index is -0.820. The van der Waals surface area contributed by atoms with Crippen molar-refractivity contribution in [3.63, 3.8) is 0 Å². The monoisotopic (exact) mass is 692 g/mol. The molecule has 0 radical (unpaired) electrons. The largest absolute Gasteiger partial charge is 0.378 e. The molecule has 256 valence electrons. The quantitative estimate of drug-likeness (QED) is 0.116. The summed E-state index contributed by atoms with van der Waals surface area (Å²) in [7, 11) is 1.65. The zero-order chi connectivity index (χ0) is 34.0. The standard InChI is InChI=1S/C35H45ClN8O3S/c1-43(35(46)28(39)9-4-5-13-37)31(19-24-21-41-29-10-3-2-8-25(24)29)33(45)42-22-26-30(44-15-17-47-18-16-44)12-11-27(36)32(26)48-34-23(20-38)7-6-14-40-34/h2-3,6-8,10-12,14,21,28,31,41H,4-5,9,13,15-20,22,37-39H2,1H3,(H,42,45)/t28-,31-/m0/s1. The molecule has 0 spiro atoms. The highest BCUT2D eigenvalue weighted by Crippen LogP contribution is 2.41. The van der Waals surface area contributed by atoms with Crippen molar-refractivity contribution in [2.75, 3.05) is 44.8 Å². The highest BCUT2D eigenvalue weighted by molar-refractivity contribution is 7.99. The van der Waals surface area contributed by atoms with Gasteiger partial charge in [0.1, 0.15) is 11.1 Å². The van der Waals surface area contributed by atoms with E-state index < -0.39 is 12.1 Å². The van der Waals surface area contributed by atoms with Crippen molar-refractivity contribution >= 4 is 51.8 Å². The molecule has 1 aliphatic heterocycles. The van der Waals surface area contributed by atoms with E-state index in [0.717, 1.165) is 56.0 Å². The zero-order valence-corrected chi connectivity index (χ0v) is 28.9. The lowest BCUT2D eigenvalue weighted by molar-refractivity contribution is -0.140. The fourth-order valence-electron chi connectivity index (χ4n) is 5.99. The number of pyridine rings is 1. The summed E-state index contributed by atoms with van der Waals surface area (Å²) >= 11 is 8.31. The Morgan fingerprint density at radius 3 is 2.67 bits per heavy atom. The number of morpholine rings is 1. The third-order valence-corrected chi connectivity index (χ3v) is 10.4. The summed E-state index contributed by atoms with van der Waals surface area (Å²) < 4.78 is 5.63. The molecular formula is C35H45ClN8O3S. The fourth-order valence-corrected chi connectivity index (χ4v) is 7.34. The van der Waals surface area contributed by atoms with Crippen LogP contribution < -0.4 is 27.4 Å². The van der Waals surface area contributed by atoms with Crippen molar-refractivity contribution < 1.29 is 14.3 Å². The van der Waals surface area contributed by atoms with Crippen LogP contribution in [0.5, 0.6) is 0 Å². The van der Waals surface area contributed by atoms with E-state index in [1.165, 1.54) is 16.7 Å². The number of aromatic amines is 1. The molecule has 1 aliphatic rings. The number of unbranched alkanes of at least 4 members (excludes halogenated alkanes) is 1. The van der Waals surface area contributed by atoms with Gasteiger partial charge in [-0.1, -0.05) is 54.0 Å². The van der Waals surface area contributed by atoms with Crippen molar-refractivity contribution in [3.8, 4) is 0 Å². The Labute approximate surface area is 290 Å². The average molecular weight is 693 g/mol. The van der Waals surface area contributed by atoms with E-state index in [9.17, 15) is 9.59 Å². The molecule has 4 aromatic rings. The van der Waals surface area contributed by atoms with Crippen LogP contribution in [0.25, 0.3) is 10.9 Å². The second-order valence-corrected chi connectivity index (χ2v) is 13.3. The Morgan fingerprint density at radius 2 is 1.90 bits per heavy atom. The lowest BCUT2D eigenvalue weighted by atomic mass is 10.0. The number of H-pyrrole nitrogens is 1. The summed E-state index contributed by atoms with van der Waals surface area (Å²) in [5, 5.41) is 5.46. The number of nitrogens with zero attached hydrogens (tertiary/aromatic N) is 3. The van der Waals surface area contributed by atoms with Gasteiger partial charge in [0.25, 0.3) is 0 Å². The highest BCUT2D eigenvalue weighted by Gasteiger charge is 2.31. The molecule has 1 saturated heterocycles. The maximum Gasteiger partial charge on any atom is 0.243 e. The number of halogens is 1. The molecule has 5 rings (SSSR count). The lowest BCUT2D eigenvalue weighted by Crippen LogP contribution is -2.53. The lowest BCUT2D eigenvalue weighted by Gasteiger charge is -2.32. The van der Waals surface area contributed by atoms with E-state index in [4.69, 9.17) is 33.5 Å². The molecule has 2 amide bonds. The molecule has 0 unspecified atom stereocenters. The fraction of sp³-hybridized carbons (Fsp3) is 0.400. The number of likely N-dealkylation sites (N-methyl/N-ethyl adjacent to an activating group) is 1. The maximum absolute atomic E-state index is 14.3. The Balaban J connectivity index is 1.46. The van der Waals surface area contributed by atoms with Crippen LogP contribution in [0.2, 0.25) is 5.02 Å². The first-order valence-corrected chi connectivity index (χ1v) is 17.5. The Bertz CT molecular complexity index is 1700. The van der Waals surface area contributed by atoms with E-state index in [1.807, 2.05) is 54.7 Å². The minimum Gasteiger partial charge on any atom is -0.378 e. The number of ether oxygens (including phenoxy) is 1. The predicted octanol–water partition coefficient (Wildman–Crippen LogP) is 3.81. The van der Waals surface area contributed by atoms with Gasteiger partial charge in [0.05, 0.1) is 24.3 Å². The van der Waals surface area contributed by atoms with E-state index in [1.54, 1.807) is 13.2 Å². The summed E-state index contributed by atoms with van der Waals surface area (Å²) in [4.78, 5) is 40.3. The molecule has 1 fully saturated rings. The molecule has 48 heavy (non-hydrogen) atoms. The maximum atomic E-state index is 14.3. The average Bonchev–Trinajstić information content (AvgIpc) is 3.53. The molecule has 13 heteroatoms. The summed E-state index contributed by atoms with van der Waals surface area (Å²) in [5.41, 5.74) is 22.6. The Hall–Kier alpha value is -3.65. The van der Waals surface area contributed by atoms with Crippen molar-refractivity contribution in [1.82, 2.24) is 20.2 Å². The number of fused-ring (bicyclic) bond motifs is 1. The van der Waals surface area contributed by atoms with E-state index in [2.05, 4.69) is 20.2 Å². The molecule has 11 nitrogen and oxygen atoms in total. The van der Waals surface area contributed by atoms with Gasteiger partial charge in [0, 0.05) is 79.1 Å². The van der Waals surface area contributed by atoms with Gasteiger partial charge in [0.15, 0.2) is 0 Å². The molecule has 2 aromatic heterocycles. The first kappa shape index (κ1) is 35.7. The molecule has 2 aromatic carbocycles. The number of benzene rings is 2. The SMILES string of the molecule is CN(C(=O)[C@@H](N)CCCCN)[C@@H](Cc1c[nH]c2ccccc12)C(=O)NCc1c(N2CCOCC2)ccc(Cl)c1Sc1ncccc1CN. The molecule has 8 N–H and O–H groups in total. The number of hydrogen-bond acceptors (Lipinski definition) is 9. The van der Waals surface area contributed by atoms with Crippen LogP contribution in [0.4, 0.5) is 5.69 Å². The topological polar surface area (TPSA) is 169 Å². The van der Waals surface area contributed by atoms with Gasteiger partial charge in [-0.3, -0.25) is 9.59 Å². The second-order valence-electron chi connectivity index (χ2n) is 11.9. The predicted molar refractivity (Wildman–Crippen MR) is 192 cm³/mol. The van der Waals surface area contributed by atoms with Crippen LogP contribution in [0, 0.1) is 0 Å². The molecular weight excluding hydrogens is 648 g/mol. The van der Waals surface area contributed by atoms with Gasteiger partial charge in [-0.25, -0.2) is 4.98 Å². The molecule has 3 heterocycles. The van der Waals surface area contributed by atoms with Gasteiger partial charge in [-0.2, -0.15) is 0 Å². The first-order chi connectivity index (χ1) is 23.3. The van der Waals surface area contributed by atoms with Crippen LogP contribution in [-0.2, 0) is 33.8 Å². The highest BCUT2D eigenvalue weighted by atomic mass is 35.5. The number of para-hydroxylation sites is 1. The van der Waals surface area contributed by atoms with E-state index in [0.29, 0.717) is 57.3 Å². The zero-order valence-electron chi connectivity index (χ0n) is 27.3. The number of carbonyl (C=O) groups excluding carboxylic acids is 2.